The Morgan fingerprint density at radius 1 is 0.643 bits per heavy atom. The summed E-state index contributed by atoms with van der Waals surface area (Å²) < 4.78 is 0. The standard InChI is InChI=1S/C13H18S/c1-6-2-11-9-4-7-5-10(8(1)9)12(3-6)13(11)14-7/h6-13H,1-5H2. The molecule has 0 aromatic heterocycles. The number of thioether (sulfide) groups is 1. The van der Waals surface area contributed by atoms with Gasteiger partial charge in [0.2, 0.25) is 0 Å². The molecule has 2 aliphatic heterocycles. The molecule has 0 amide bonds. The molecule has 0 aromatic rings. The molecule has 4 unspecified atom stereocenters. The van der Waals surface area contributed by atoms with E-state index in [1.165, 1.54) is 35.5 Å². The molecule has 0 radical (unpaired) electrons. The zero-order valence-corrected chi connectivity index (χ0v) is 9.38. The van der Waals surface area contributed by atoms with Gasteiger partial charge in [0, 0.05) is 10.5 Å². The van der Waals surface area contributed by atoms with Gasteiger partial charge in [0.25, 0.3) is 0 Å². The molecule has 8 bridgehead atoms. The maximum absolute atomic E-state index is 2.42. The van der Waals surface area contributed by atoms with Crippen LogP contribution in [0.2, 0.25) is 0 Å². The first-order valence-electron chi connectivity index (χ1n) is 6.55. The lowest BCUT2D eigenvalue weighted by atomic mass is 9.44. The molecule has 2 saturated heterocycles. The molecule has 7 aliphatic rings. The fraction of sp³-hybridized carbons (Fsp3) is 1.00. The van der Waals surface area contributed by atoms with Gasteiger partial charge in [-0.25, -0.2) is 0 Å². The van der Waals surface area contributed by atoms with Crippen LogP contribution in [-0.2, 0) is 0 Å². The topological polar surface area (TPSA) is 0 Å². The Bertz CT molecular complexity index is 210. The predicted octanol–water partition coefficient (Wildman–Crippen LogP) is 3.17. The highest BCUT2D eigenvalue weighted by atomic mass is 32.2. The molecule has 0 aromatic carbocycles. The number of hydrogen-bond acceptors (Lipinski definition) is 1. The van der Waals surface area contributed by atoms with Crippen LogP contribution in [0, 0.1) is 35.5 Å². The van der Waals surface area contributed by atoms with E-state index in [1.807, 2.05) is 0 Å². The van der Waals surface area contributed by atoms with E-state index in [-0.39, 0.29) is 0 Å². The van der Waals surface area contributed by atoms with Gasteiger partial charge in [0.15, 0.2) is 0 Å². The minimum atomic E-state index is 1.10. The van der Waals surface area contributed by atoms with Crippen LogP contribution in [0.4, 0.5) is 0 Å². The van der Waals surface area contributed by atoms with Crippen molar-refractivity contribution >= 4 is 11.8 Å². The maximum atomic E-state index is 2.42. The second-order valence-corrected chi connectivity index (χ2v) is 8.07. The minimum Gasteiger partial charge on any atom is -0.155 e. The van der Waals surface area contributed by atoms with Crippen molar-refractivity contribution in [2.75, 3.05) is 0 Å². The maximum Gasteiger partial charge on any atom is 0.0112 e. The Balaban J connectivity index is 1.70. The van der Waals surface area contributed by atoms with Gasteiger partial charge < -0.3 is 0 Å². The number of rotatable bonds is 0. The van der Waals surface area contributed by atoms with Crippen LogP contribution in [0.25, 0.3) is 0 Å². The fourth-order valence-electron chi connectivity index (χ4n) is 6.11. The third kappa shape index (κ3) is 0.681. The van der Waals surface area contributed by atoms with E-state index in [4.69, 9.17) is 0 Å². The highest BCUT2D eigenvalue weighted by molar-refractivity contribution is 8.00. The largest absolute Gasteiger partial charge is 0.155 e. The van der Waals surface area contributed by atoms with Crippen LogP contribution >= 0.6 is 11.8 Å². The van der Waals surface area contributed by atoms with Gasteiger partial charge in [-0.2, -0.15) is 11.8 Å². The molecule has 0 N–H and O–H groups in total. The van der Waals surface area contributed by atoms with Crippen LogP contribution < -0.4 is 0 Å². The Morgan fingerprint density at radius 2 is 1.21 bits per heavy atom. The van der Waals surface area contributed by atoms with E-state index in [2.05, 4.69) is 11.8 Å². The fourth-order valence-corrected chi connectivity index (χ4v) is 8.25. The smallest absolute Gasteiger partial charge is 0.0112 e. The zero-order chi connectivity index (χ0) is 8.86. The highest BCUT2D eigenvalue weighted by Crippen LogP contribution is 2.70. The van der Waals surface area contributed by atoms with Crippen molar-refractivity contribution in [1.82, 2.24) is 0 Å². The van der Waals surface area contributed by atoms with E-state index in [1.54, 1.807) is 32.1 Å². The van der Waals surface area contributed by atoms with Gasteiger partial charge in [-0.05, 0) is 67.6 Å². The van der Waals surface area contributed by atoms with Gasteiger partial charge >= 0.3 is 0 Å². The summed E-state index contributed by atoms with van der Waals surface area (Å²) in [6, 6.07) is 0. The van der Waals surface area contributed by atoms with E-state index in [0.29, 0.717) is 0 Å². The molecule has 5 aliphatic carbocycles. The molecule has 4 atom stereocenters. The summed E-state index contributed by atoms with van der Waals surface area (Å²) in [5, 5.41) is 2.25. The Kier molecular flexibility index (Phi) is 1.20. The van der Waals surface area contributed by atoms with Crippen LogP contribution in [0.5, 0.6) is 0 Å². The quantitative estimate of drug-likeness (QED) is 0.586. The van der Waals surface area contributed by atoms with Crippen molar-refractivity contribution in [2.45, 2.75) is 42.6 Å². The average molecular weight is 206 g/mol. The normalized spacial score (nSPS) is 72.0. The van der Waals surface area contributed by atoms with Crippen LogP contribution in [0.1, 0.15) is 32.1 Å². The summed E-state index contributed by atoms with van der Waals surface area (Å²) in [6.07, 6.45) is 8.15. The minimum absolute atomic E-state index is 1.10. The third-order valence-electron chi connectivity index (χ3n) is 6.28. The van der Waals surface area contributed by atoms with Gasteiger partial charge in [-0.3, -0.25) is 0 Å². The number of hydrogen-bond donors (Lipinski definition) is 0. The van der Waals surface area contributed by atoms with Crippen LogP contribution in [-0.4, -0.2) is 10.5 Å². The molecule has 14 heavy (non-hydrogen) atoms. The predicted molar refractivity (Wildman–Crippen MR) is 59.2 cm³/mol. The van der Waals surface area contributed by atoms with Gasteiger partial charge in [-0.1, -0.05) is 0 Å². The first-order chi connectivity index (χ1) is 6.90. The monoisotopic (exact) mass is 206 g/mol. The summed E-state index contributed by atoms with van der Waals surface area (Å²) in [6.45, 7) is 0. The summed E-state index contributed by atoms with van der Waals surface area (Å²) in [7, 11) is 0. The van der Waals surface area contributed by atoms with Crippen molar-refractivity contribution in [3.05, 3.63) is 0 Å². The van der Waals surface area contributed by atoms with Crippen molar-refractivity contribution in [1.29, 1.82) is 0 Å². The molecule has 1 heteroatoms. The summed E-state index contributed by atoms with van der Waals surface area (Å²) in [4.78, 5) is 0. The van der Waals surface area contributed by atoms with E-state index < -0.39 is 0 Å². The van der Waals surface area contributed by atoms with E-state index >= 15 is 0 Å². The van der Waals surface area contributed by atoms with Crippen molar-refractivity contribution in [3.63, 3.8) is 0 Å². The zero-order valence-electron chi connectivity index (χ0n) is 8.56. The Labute approximate surface area is 90.2 Å². The molecule has 5 saturated carbocycles. The molecule has 76 valence electrons. The van der Waals surface area contributed by atoms with Gasteiger partial charge in [-0.15, -0.1) is 0 Å². The molecular formula is C13H18S. The highest BCUT2D eigenvalue weighted by Gasteiger charge is 2.63. The van der Waals surface area contributed by atoms with Crippen LogP contribution in [0.15, 0.2) is 0 Å². The van der Waals surface area contributed by atoms with Crippen LogP contribution in [0.3, 0.4) is 0 Å². The SMILES string of the molecule is C1C2CC3C4CC5CC(C14)C(C2)C3S5. The molecule has 0 spiro atoms. The molecule has 7 rings (SSSR count). The van der Waals surface area contributed by atoms with Crippen molar-refractivity contribution in [2.24, 2.45) is 35.5 Å². The first kappa shape index (κ1) is 7.60. The van der Waals surface area contributed by atoms with E-state index in [0.717, 1.165) is 10.5 Å². The Hall–Kier alpha value is 0.350. The lowest BCUT2D eigenvalue weighted by molar-refractivity contribution is -0.111. The molecular weight excluding hydrogens is 188 g/mol. The average Bonchev–Trinajstić information content (AvgIpc) is 2.24. The van der Waals surface area contributed by atoms with Crippen molar-refractivity contribution < 1.29 is 0 Å². The van der Waals surface area contributed by atoms with Gasteiger partial charge in [0.1, 0.15) is 0 Å². The molecule has 0 nitrogen and oxygen atoms in total. The third-order valence-corrected chi connectivity index (χ3v) is 8.06. The lowest BCUT2D eigenvalue weighted by Crippen LogP contribution is -2.63. The second-order valence-electron chi connectivity index (χ2n) is 6.59. The lowest BCUT2D eigenvalue weighted by Gasteiger charge is -2.69. The second kappa shape index (κ2) is 2.21. The van der Waals surface area contributed by atoms with Gasteiger partial charge in [0.05, 0.1) is 0 Å². The Morgan fingerprint density at radius 3 is 1.93 bits per heavy atom. The molecule has 2 heterocycles. The van der Waals surface area contributed by atoms with E-state index in [9.17, 15) is 0 Å². The van der Waals surface area contributed by atoms with Crippen molar-refractivity contribution in [3.8, 4) is 0 Å². The summed E-state index contributed by atoms with van der Waals surface area (Å²) in [5.74, 6) is 7.18. The summed E-state index contributed by atoms with van der Waals surface area (Å²) in [5.41, 5.74) is 0. The first-order valence-corrected chi connectivity index (χ1v) is 7.50. The summed E-state index contributed by atoms with van der Waals surface area (Å²) >= 11 is 2.42. The molecule has 7 fully saturated rings.